The molecule has 0 saturated carbocycles. The number of rotatable bonds is 7. The summed E-state index contributed by atoms with van der Waals surface area (Å²) in [5.74, 6) is 3.06. The van der Waals surface area contributed by atoms with Crippen LogP contribution in [0.1, 0.15) is 24.8 Å². The van der Waals surface area contributed by atoms with Gasteiger partial charge in [0.15, 0.2) is 18.1 Å². The molecule has 3 heterocycles. The molecule has 1 amide bonds. The minimum Gasteiger partial charge on any atom is -0.483 e. The lowest BCUT2D eigenvalue weighted by molar-refractivity contribution is -0.134. The van der Waals surface area contributed by atoms with E-state index in [0.29, 0.717) is 18.5 Å². The summed E-state index contributed by atoms with van der Waals surface area (Å²) in [5, 5.41) is 0. The quantitative estimate of drug-likeness (QED) is 0.527. The Morgan fingerprint density at radius 2 is 1.88 bits per heavy atom. The molecule has 1 saturated heterocycles. The summed E-state index contributed by atoms with van der Waals surface area (Å²) >= 11 is 0. The molecule has 0 atom stereocenters. The van der Waals surface area contributed by atoms with Crippen molar-refractivity contribution in [1.82, 2.24) is 9.88 Å². The number of pyridine rings is 1. The van der Waals surface area contributed by atoms with Crippen LogP contribution in [0.5, 0.6) is 17.2 Å². The third-order valence-corrected chi connectivity index (χ3v) is 6.46. The lowest BCUT2D eigenvalue weighted by Crippen LogP contribution is -2.41. The van der Waals surface area contributed by atoms with Crippen LogP contribution in [0.2, 0.25) is 0 Å². The Morgan fingerprint density at radius 3 is 2.73 bits per heavy atom. The van der Waals surface area contributed by atoms with Crippen molar-refractivity contribution in [3.8, 4) is 28.4 Å². The number of hydrogen-bond donors (Lipinski definition) is 0. The molecule has 2 aromatic carbocycles. The van der Waals surface area contributed by atoms with Crippen LogP contribution in [0, 0.1) is 5.92 Å². The largest absolute Gasteiger partial charge is 0.483 e. The summed E-state index contributed by atoms with van der Waals surface area (Å²) < 4.78 is 16.8. The zero-order chi connectivity index (χ0) is 22.5. The van der Waals surface area contributed by atoms with E-state index in [1.54, 1.807) is 12.4 Å². The van der Waals surface area contributed by atoms with Gasteiger partial charge in [0.2, 0.25) is 6.79 Å². The molecule has 0 unspecified atom stereocenters. The van der Waals surface area contributed by atoms with Crippen molar-refractivity contribution >= 4 is 5.91 Å². The van der Waals surface area contributed by atoms with E-state index in [4.69, 9.17) is 14.2 Å². The number of fused-ring (bicyclic) bond motifs is 1. The summed E-state index contributed by atoms with van der Waals surface area (Å²) in [6.45, 7) is 1.94. The molecule has 1 fully saturated rings. The smallest absolute Gasteiger partial charge is 0.260 e. The van der Waals surface area contributed by atoms with Gasteiger partial charge in [0.25, 0.3) is 5.91 Å². The van der Waals surface area contributed by atoms with Crippen LogP contribution < -0.4 is 14.2 Å². The number of likely N-dealkylation sites (tertiary alicyclic amines) is 1. The van der Waals surface area contributed by atoms with E-state index in [1.807, 2.05) is 47.4 Å². The summed E-state index contributed by atoms with van der Waals surface area (Å²) in [7, 11) is 0. The Hall–Kier alpha value is -3.54. The number of hydrogen-bond acceptors (Lipinski definition) is 5. The van der Waals surface area contributed by atoms with Gasteiger partial charge in [-0.05, 0) is 61.4 Å². The highest BCUT2D eigenvalue weighted by Crippen LogP contribution is 2.33. The predicted molar refractivity (Wildman–Crippen MR) is 125 cm³/mol. The third-order valence-electron chi connectivity index (χ3n) is 6.46. The highest BCUT2D eigenvalue weighted by Gasteiger charge is 2.23. The second kappa shape index (κ2) is 9.94. The van der Waals surface area contributed by atoms with Gasteiger partial charge < -0.3 is 19.1 Å². The molecule has 170 valence electrons. The van der Waals surface area contributed by atoms with Crippen molar-refractivity contribution in [1.29, 1.82) is 0 Å². The lowest BCUT2D eigenvalue weighted by Gasteiger charge is -2.32. The van der Waals surface area contributed by atoms with Gasteiger partial charge in [-0.1, -0.05) is 30.3 Å². The fraction of sp³-hybridized carbons (Fsp3) is 0.333. The van der Waals surface area contributed by atoms with Gasteiger partial charge in [-0.25, -0.2) is 0 Å². The molecule has 0 N–H and O–H groups in total. The predicted octanol–water partition coefficient (Wildman–Crippen LogP) is 4.73. The van der Waals surface area contributed by atoms with Crippen LogP contribution in [-0.2, 0) is 11.2 Å². The average Bonchev–Trinajstić information content (AvgIpc) is 3.35. The van der Waals surface area contributed by atoms with E-state index in [-0.39, 0.29) is 12.5 Å². The van der Waals surface area contributed by atoms with E-state index in [0.717, 1.165) is 61.4 Å². The van der Waals surface area contributed by atoms with E-state index in [2.05, 4.69) is 17.1 Å². The molecule has 3 aromatic rings. The second-order valence-electron chi connectivity index (χ2n) is 8.58. The molecule has 6 heteroatoms. The maximum absolute atomic E-state index is 12.8. The van der Waals surface area contributed by atoms with Crippen molar-refractivity contribution in [3.63, 3.8) is 0 Å². The highest BCUT2D eigenvalue weighted by atomic mass is 16.7. The van der Waals surface area contributed by atoms with Gasteiger partial charge in [0.05, 0.1) is 0 Å². The van der Waals surface area contributed by atoms with Crippen molar-refractivity contribution in [3.05, 3.63) is 72.6 Å². The van der Waals surface area contributed by atoms with E-state index in [1.165, 1.54) is 5.56 Å². The first-order valence-corrected chi connectivity index (χ1v) is 11.5. The maximum Gasteiger partial charge on any atom is 0.260 e. The Labute approximate surface area is 194 Å². The number of para-hydroxylation sites is 1. The van der Waals surface area contributed by atoms with Crippen LogP contribution in [-0.4, -0.2) is 42.3 Å². The molecule has 0 spiro atoms. The fourth-order valence-electron chi connectivity index (χ4n) is 4.52. The van der Waals surface area contributed by atoms with E-state index in [9.17, 15) is 4.79 Å². The van der Waals surface area contributed by atoms with Crippen molar-refractivity contribution < 1.29 is 19.0 Å². The third kappa shape index (κ3) is 5.11. The van der Waals surface area contributed by atoms with Crippen LogP contribution in [0.25, 0.3) is 11.1 Å². The van der Waals surface area contributed by atoms with Gasteiger partial charge in [-0.2, -0.15) is 0 Å². The zero-order valence-corrected chi connectivity index (χ0v) is 18.6. The number of benzene rings is 2. The minimum atomic E-state index is 0.0465. The molecule has 0 aliphatic carbocycles. The van der Waals surface area contributed by atoms with Crippen LogP contribution in [0.4, 0.5) is 0 Å². The number of piperidine rings is 1. The van der Waals surface area contributed by atoms with Gasteiger partial charge in [-0.3, -0.25) is 9.78 Å². The van der Waals surface area contributed by atoms with Crippen molar-refractivity contribution in [2.24, 2.45) is 5.92 Å². The second-order valence-corrected chi connectivity index (χ2v) is 8.58. The van der Waals surface area contributed by atoms with Crippen molar-refractivity contribution in [2.45, 2.75) is 25.7 Å². The van der Waals surface area contributed by atoms with Crippen molar-refractivity contribution in [2.75, 3.05) is 26.5 Å². The molecule has 2 aliphatic rings. The molecule has 0 radical (unpaired) electrons. The Kier molecular flexibility index (Phi) is 6.42. The topological polar surface area (TPSA) is 60.9 Å². The summed E-state index contributed by atoms with van der Waals surface area (Å²) in [6, 6.07) is 17.9. The molecule has 2 aliphatic heterocycles. The van der Waals surface area contributed by atoms with Gasteiger partial charge in [-0.15, -0.1) is 0 Å². The standard InChI is InChI=1S/C27H28N2O4/c30-27(18-31-24-6-2-1-5-23(24)22-4-3-13-28-17-22)29-14-11-20(12-15-29)7-8-21-9-10-25-26(16-21)33-19-32-25/h1-6,9-10,13,16-17,20H,7-8,11-12,14-15,18-19H2. The van der Waals surface area contributed by atoms with Gasteiger partial charge in [0, 0.05) is 36.6 Å². The summed E-state index contributed by atoms with van der Waals surface area (Å²) in [5.41, 5.74) is 3.20. The number of ether oxygens (including phenoxy) is 3. The normalized spacial score (nSPS) is 15.5. The molecule has 5 rings (SSSR count). The molecule has 0 bridgehead atoms. The van der Waals surface area contributed by atoms with Crippen LogP contribution in [0.3, 0.4) is 0 Å². The molecular weight excluding hydrogens is 416 g/mol. The summed E-state index contributed by atoms with van der Waals surface area (Å²) in [4.78, 5) is 18.9. The monoisotopic (exact) mass is 444 g/mol. The number of aryl methyl sites for hydroxylation is 1. The Balaban J connectivity index is 1.09. The highest BCUT2D eigenvalue weighted by molar-refractivity contribution is 5.78. The van der Waals surface area contributed by atoms with Gasteiger partial charge >= 0.3 is 0 Å². The summed E-state index contributed by atoms with van der Waals surface area (Å²) in [6.07, 6.45) is 7.75. The van der Waals surface area contributed by atoms with Gasteiger partial charge in [0.1, 0.15) is 5.75 Å². The molecule has 1 aromatic heterocycles. The minimum absolute atomic E-state index is 0.0465. The first-order valence-electron chi connectivity index (χ1n) is 11.5. The lowest BCUT2D eigenvalue weighted by atomic mass is 9.90. The average molecular weight is 445 g/mol. The fourth-order valence-corrected chi connectivity index (χ4v) is 4.52. The molecular formula is C27H28N2O4. The SMILES string of the molecule is O=C(COc1ccccc1-c1cccnc1)N1CCC(CCc2ccc3c(c2)OCO3)CC1. The first-order chi connectivity index (χ1) is 16.3. The molecule has 6 nitrogen and oxygen atoms in total. The first kappa shape index (κ1) is 21.3. The number of nitrogens with zero attached hydrogens (tertiary/aromatic N) is 2. The zero-order valence-electron chi connectivity index (χ0n) is 18.6. The molecule has 33 heavy (non-hydrogen) atoms. The number of carbonyl (C=O) groups is 1. The van der Waals surface area contributed by atoms with E-state index < -0.39 is 0 Å². The van der Waals surface area contributed by atoms with Crippen LogP contribution >= 0.6 is 0 Å². The van der Waals surface area contributed by atoms with Crippen LogP contribution in [0.15, 0.2) is 67.0 Å². The Morgan fingerprint density at radius 1 is 1.03 bits per heavy atom. The Bertz CT molecular complexity index is 1090. The number of carbonyl (C=O) groups excluding carboxylic acids is 1. The number of aromatic nitrogens is 1. The van der Waals surface area contributed by atoms with E-state index >= 15 is 0 Å². The number of amides is 1. The maximum atomic E-state index is 12.8.